The zero-order valence-corrected chi connectivity index (χ0v) is 12.1. The van der Waals surface area contributed by atoms with Crippen LogP contribution in [-0.2, 0) is 10.1 Å². The Bertz CT molecular complexity index is 607. The molecule has 1 heterocycles. The quantitative estimate of drug-likeness (QED) is 0.669. The molecule has 0 aliphatic carbocycles. The van der Waals surface area contributed by atoms with Crippen molar-refractivity contribution in [1.82, 2.24) is 4.90 Å². The Labute approximate surface area is 118 Å². The van der Waals surface area contributed by atoms with Crippen LogP contribution < -0.4 is 9.92 Å². The van der Waals surface area contributed by atoms with E-state index in [4.69, 9.17) is 9.92 Å². The highest BCUT2D eigenvalue weighted by molar-refractivity contribution is 7.86. The van der Waals surface area contributed by atoms with Crippen LogP contribution in [0.5, 0.6) is 5.75 Å². The van der Waals surface area contributed by atoms with E-state index < -0.39 is 10.1 Å². The highest BCUT2D eigenvalue weighted by Crippen LogP contribution is 2.25. The smallest absolute Gasteiger partial charge is 0.306 e. The maximum atomic E-state index is 12.5. The van der Waals surface area contributed by atoms with Crippen molar-refractivity contribution in [2.75, 3.05) is 25.1 Å². The number of nitrogen functional groups attached to an aromatic ring is 1. The molecule has 1 saturated heterocycles. The Morgan fingerprint density at radius 3 is 2.50 bits per heavy atom. The van der Waals surface area contributed by atoms with E-state index in [1.54, 1.807) is 4.90 Å². The Hall–Kier alpha value is -1.76. The van der Waals surface area contributed by atoms with Crippen LogP contribution in [0.2, 0.25) is 0 Å². The molecule has 0 bridgehead atoms. The van der Waals surface area contributed by atoms with Crippen LogP contribution in [0.1, 0.15) is 29.6 Å². The summed E-state index contributed by atoms with van der Waals surface area (Å²) in [5.41, 5.74) is 6.27. The third-order valence-electron chi connectivity index (χ3n) is 3.12. The van der Waals surface area contributed by atoms with Gasteiger partial charge in [0.15, 0.2) is 5.75 Å². The predicted molar refractivity (Wildman–Crippen MR) is 76.1 cm³/mol. The summed E-state index contributed by atoms with van der Waals surface area (Å²) in [7, 11) is -3.69. The van der Waals surface area contributed by atoms with Crippen molar-refractivity contribution in [1.29, 1.82) is 0 Å². The zero-order chi connectivity index (χ0) is 14.8. The Kier molecular flexibility index (Phi) is 4.17. The highest BCUT2D eigenvalue weighted by Gasteiger charge is 2.23. The van der Waals surface area contributed by atoms with E-state index in [0.717, 1.165) is 25.5 Å². The molecule has 0 spiro atoms. The van der Waals surface area contributed by atoms with Crippen molar-refractivity contribution in [3.05, 3.63) is 23.8 Å². The minimum absolute atomic E-state index is 0.0253. The standard InChI is InChI=1S/C13H18N2O4S/c1-20(17,18)19-12-6-5-10(14)9-11(12)13(16)15-7-3-2-4-8-15/h5-6,9H,2-4,7-8,14H2,1H3. The summed E-state index contributed by atoms with van der Waals surface area (Å²) in [5, 5.41) is 0. The lowest BCUT2D eigenvalue weighted by Crippen LogP contribution is -2.36. The van der Waals surface area contributed by atoms with Gasteiger partial charge in [-0.2, -0.15) is 8.42 Å². The minimum Gasteiger partial charge on any atom is -0.399 e. The zero-order valence-electron chi connectivity index (χ0n) is 11.3. The van der Waals surface area contributed by atoms with E-state index in [1.807, 2.05) is 0 Å². The van der Waals surface area contributed by atoms with Gasteiger partial charge in [0, 0.05) is 18.8 Å². The van der Waals surface area contributed by atoms with Crippen LogP contribution in [0, 0.1) is 0 Å². The summed E-state index contributed by atoms with van der Waals surface area (Å²) in [6.45, 7) is 1.35. The van der Waals surface area contributed by atoms with Gasteiger partial charge >= 0.3 is 10.1 Å². The van der Waals surface area contributed by atoms with E-state index in [1.165, 1.54) is 18.2 Å². The topological polar surface area (TPSA) is 89.7 Å². The summed E-state index contributed by atoms with van der Waals surface area (Å²) in [5.74, 6) is -0.215. The number of benzene rings is 1. The predicted octanol–water partition coefficient (Wildman–Crippen LogP) is 1.23. The minimum atomic E-state index is -3.69. The number of hydrogen-bond donors (Lipinski definition) is 1. The van der Waals surface area contributed by atoms with Crippen molar-refractivity contribution in [3.63, 3.8) is 0 Å². The van der Waals surface area contributed by atoms with Crippen LogP contribution in [0.25, 0.3) is 0 Å². The number of anilines is 1. The van der Waals surface area contributed by atoms with Crippen LogP contribution in [0.15, 0.2) is 18.2 Å². The molecular formula is C13H18N2O4S. The average molecular weight is 298 g/mol. The molecule has 0 unspecified atom stereocenters. The number of hydrogen-bond acceptors (Lipinski definition) is 5. The van der Waals surface area contributed by atoms with Gasteiger partial charge in [-0.3, -0.25) is 4.79 Å². The Morgan fingerprint density at radius 1 is 1.25 bits per heavy atom. The van der Waals surface area contributed by atoms with Gasteiger partial charge in [-0.05, 0) is 37.5 Å². The molecule has 1 aromatic carbocycles. The first-order valence-corrected chi connectivity index (χ1v) is 8.27. The number of piperidine rings is 1. The Morgan fingerprint density at radius 2 is 1.90 bits per heavy atom. The van der Waals surface area contributed by atoms with Crippen LogP contribution in [-0.4, -0.2) is 38.6 Å². The first kappa shape index (κ1) is 14.6. The molecule has 20 heavy (non-hydrogen) atoms. The normalized spacial score (nSPS) is 15.9. The molecule has 1 amide bonds. The number of nitrogens with zero attached hydrogens (tertiary/aromatic N) is 1. The molecular weight excluding hydrogens is 280 g/mol. The van der Waals surface area contributed by atoms with Crippen molar-refractivity contribution in [3.8, 4) is 5.75 Å². The average Bonchev–Trinajstić information content (AvgIpc) is 2.39. The monoisotopic (exact) mass is 298 g/mol. The first-order chi connectivity index (χ1) is 9.37. The summed E-state index contributed by atoms with van der Waals surface area (Å²) in [6, 6.07) is 4.37. The molecule has 2 rings (SSSR count). The van der Waals surface area contributed by atoms with Crippen molar-refractivity contribution < 1.29 is 17.4 Å². The largest absolute Gasteiger partial charge is 0.399 e. The van der Waals surface area contributed by atoms with Gasteiger partial charge in [-0.1, -0.05) is 0 Å². The second kappa shape index (κ2) is 5.70. The van der Waals surface area contributed by atoms with Gasteiger partial charge in [-0.25, -0.2) is 0 Å². The van der Waals surface area contributed by atoms with Gasteiger partial charge in [0.25, 0.3) is 5.91 Å². The fourth-order valence-electron chi connectivity index (χ4n) is 2.22. The molecule has 1 aromatic rings. The molecule has 0 atom stereocenters. The SMILES string of the molecule is CS(=O)(=O)Oc1ccc(N)cc1C(=O)N1CCCCC1. The molecule has 1 fully saturated rings. The number of carbonyl (C=O) groups is 1. The van der Waals surface area contributed by atoms with E-state index in [2.05, 4.69) is 0 Å². The molecule has 110 valence electrons. The van der Waals surface area contributed by atoms with Crippen molar-refractivity contribution in [2.24, 2.45) is 0 Å². The number of nitrogens with two attached hydrogens (primary N) is 1. The van der Waals surface area contributed by atoms with Crippen LogP contribution in [0.3, 0.4) is 0 Å². The van der Waals surface area contributed by atoms with Gasteiger partial charge < -0.3 is 14.8 Å². The lowest BCUT2D eigenvalue weighted by Gasteiger charge is -2.27. The fourth-order valence-corrected chi connectivity index (χ4v) is 2.69. The number of amides is 1. The third kappa shape index (κ3) is 3.63. The molecule has 6 nitrogen and oxygen atoms in total. The fraction of sp³-hybridized carbons (Fsp3) is 0.462. The van der Waals surface area contributed by atoms with Crippen molar-refractivity contribution in [2.45, 2.75) is 19.3 Å². The summed E-state index contributed by atoms with van der Waals surface area (Å²) >= 11 is 0. The van der Waals surface area contributed by atoms with Gasteiger partial charge in [0.1, 0.15) is 0 Å². The van der Waals surface area contributed by atoms with E-state index in [0.29, 0.717) is 18.8 Å². The molecule has 0 saturated carbocycles. The molecule has 0 aromatic heterocycles. The second-order valence-corrected chi connectivity index (χ2v) is 6.47. The first-order valence-electron chi connectivity index (χ1n) is 6.45. The number of carbonyl (C=O) groups excluding carboxylic acids is 1. The molecule has 0 radical (unpaired) electrons. The number of rotatable bonds is 3. The molecule has 1 aliphatic heterocycles. The summed E-state index contributed by atoms with van der Waals surface area (Å²) in [6.07, 6.45) is 3.96. The maximum Gasteiger partial charge on any atom is 0.306 e. The van der Waals surface area contributed by atoms with E-state index >= 15 is 0 Å². The van der Waals surface area contributed by atoms with Gasteiger partial charge in [-0.15, -0.1) is 0 Å². The van der Waals surface area contributed by atoms with E-state index in [-0.39, 0.29) is 17.2 Å². The number of likely N-dealkylation sites (tertiary alicyclic amines) is 1. The summed E-state index contributed by atoms with van der Waals surface area (Å²) in [4.78, 5) is 14.2. The molecule has 1 aliphatic rings. The van der Waals surface area contributed by atoms with Crippen molar-refractivity contribution >= 4 is 21.7 Å². The van der Waals surface area contributed by atoms with E-state index in [9.17, 15) is 13.2 Å². The highest BCUT2D eigenvalue weighted by atomic mass is 32.2. The van der Waals surface area contributed by atoms with Crippen LogP contribution in [0.4, 0.5) is 5.69 Å². The second-order valence-electron chi connectivity index (χ2n) is 4.90. The van der Waals surface area contributed by atoms with Gasteiger partial charge in [0.2, 0.25) is 0 Å². The maximum absolute atomic E-state index is 12.5. The molecule has 7 heteroatoms. The lowest BCUT2D eigenvalue weighted by molar-refractivity contribution is 0.0722. The lowest BCUT2D eigenvalue weighted by atomic mass is 10.1. The third-order valence-corrected chi connectivity index (χ3v) is 3.60. The Balaban J connectivity index is 2.33. The molecule has 2 N–H and O–H groups in total. The van der Waals surface area contributed by atoms with Crippen LogP contribution >= 0.6 is 0 Å². The van der Waals surface area contributed by atoms with Gasteiger partial charge in [0.05, 0.1) is 11.8 Å². The summed E-state index contributed by atoms with van der Waals surface area (Å²) < 4.78 is 27.4.